The first-order valence-electron chi connectivity index (χ1n) is 7.22. The fraction of sp³-hybridized carbons (Fsp3) is 0.429. The topological polar surface area (TPSA) is 117 Å². The van der Waals surface area contributed by atoms with Crippen molar-refractivity contribution in [2.45, 2.75) is 29.5 Å². The Balaban J connectivity index is 1.74. The van der Waals surface area contributed by atoms with Gasteiger partial charge in [0.1, 0.15) is 0 Å². The molecule has 1 fully saturated rings. The predicted molar refractivity (Wildman–Crippen MR) is 92.8 cm³/mol. The molecule has 11 heteroatoms. The number of carboxylic acids is 1. The number of hydrogen-bond donors (Lipinski definition) is 2. The fourth-order valence-electron chi connectivity index (χ4n) is 2.41. The average molecular weight is 402 g/mol. The van der Waals surface area contributed by atoms with Crippen LogP contribution in [0, 0.1) is 6.92 Å². The lowest BCUT2D eigenvalue weighted by atomic mass is 10.2. The van der Waals surface area contributed by atoms with Crippen molar-refractivity contribution >= 4 is 52.9 Å². The second kappa shape index (κ2) is 7.26. The molecule has 25 heavy (non-hydrogen) atoms. The molecule has 1 saturated heterocycles. The molecule has 1 aromatic rings. The van der Waals surface area contributed by atoms with Crippen molar-refractivity contribution in [2.75, 3.05) is 11.5 Å². The van der Waals surface area contributed by atoms with Gasteiger partial charge in [0, 0.05) is 22.0 Å². The van der Waals surface area contributed by atoms with Crippen molar-refractivity contribution in [1.29, 1.82) is 0 Å². The summed E-state index contributed by atoms with van der Waals surface area (Å²) in [5.41, 5.74) is 1.40. The quantitative estimate of drug-likeness (QED) is 0.420. The minimum absolute atomic E-state index is 0.0557. The van der Waals surface area contributed by atoms with Crippen molar-refractivity contribution in [3.05, 3.63) is 22.0 Å². The standard InChI is InChI=1S/C14H14N2O6S3/c1-6-8(2-11(18)19)25-13(15-6)24-5-7-4-23-10-3-9(17)16(10)12(7)22-14(20)21/h10H,2-5H2,1H3,(H,18,19)(H,20,21)/t10-/m0/s1. The summed E-state index contributed by atoms with van der Waals surface area (Å²) in [6.07, 6.45) is -1.13. The van der Waals surface area contributed by atoms with Gasteiger partial charge in [-0.25, -0.2) is 9.78 Å². The molecule has 134 valence electrons. The highest BCUT2D eigenvalue weighted by Crippen LogP contribution is 2.42. The molecule has 2 aliphatic rings. The van der Waals surface area contributed by atoms with Gasteiger partial charge in [0.15, 0.2) is 4.34 Å². The SMILES string of the molecule is Cc1nc(SCC2=C(OC(=O)O)N3C(=O)C[C@@H]3SC2)sc1CC(=O)O. The van der Waals surface area contributed by atoms with E-state index in [1.165, 1.54) is 28.0 Å². The third-order valence-electron chi connectivity index (χ3n) is 3.62. The largest absolute Gasteiger partial charge is 0.512 e. The van der Waals surface area contributed by atoms with Crippen LogP contribution in [0.3, 0.4) is 0 Å². The molecule has 3 heterocycles. The van der Waals surface area contributed by atoms with Crippen molar-refractivity contribution in [1.82, 2.24) is 9.88 Å². The lowest BCUT2D eigenvalue weighted by Gasteiger charge is -2.43. The van der Waals surface area contributed by atoms with Gasteiger partial charge in [0.2, 0.25) is 11.8 Å². The molecule has 1 aromatic heterocycles. The van der Waals surface area contributed by atoms with Crippen LogP contribution < -0.4 is 0 Å². The third kappa shape index (κ3) is 3.93. The number of aryl methyl sites for hydroxylation is 1. The Morgan fingerprint density at radius 1 is 1.44 bits per heavy atom. The zero-order valence-electron chi connectivity index (χ0n) is 13.1. The summed E-state index contributed by atoms with van der Waals surface area (Å²) in [6.45, 7) is 1.76. The highest BCUT2D eigenvalue weighted by atomic mass is 32.2. The van der Waals surface area contributed by atoms with Gasteiger partial charge in [-0.1, -0.05) is 11.8 Å². The summed E-state index contributed by atoms with van der Waals surface area (Å²) >= 11 is 4.27. The van der Waals surface area contributed by atoms with Crippen molar-refractivity contribution < 1.29 is 29.3 Å². The molecule has 1 atom stereocenters. The van der Waals surface area contributed by atoms with Gasteiger partial charge in [0.05, 0.1) is 23.9 Å². The minimum atomic E-state index is -1.45. The summed E-state index contributed by atoms with van der Waals surface area (Å²) in [5, 5.41) is 17.8. The number of ether oxygens (including phenoxy) is 1. The number of rotatable bonds is 6. The number of thiazole rings is 1. The zero-order valence-corrected chi connectivity index (χ0v) is 15.5. The highest BCUT2D eigenvalue weighted by Gasteiger charge is 2.44. The van der Waals surface area contributed by atoms with Crippen LogP contribution in [-0.2, 0) is 20.7 Å². The summed E-state index contributed by atoms with van der Waals surface area (Å²) in [5.74, 6) is 0.0557. The number of β-lactam (4-membered cyclic amide) rings is 1. The average Bonchev–Trinajstić information content (AvgIpc) is 2.83. The molecular formula is C14H14N2O6S3. The van der Waals surface area contributed by atoms with E-state index in [1.807, 2.05) is 0 Å². The van der Waals surface area contributed by atoms with Crippen LogP contribution in [0.15, 0.2) is 15.8 Å². The molecule has 2 N–H and O–H groups in total. The van der Waals surface area contributed by atoms with Gasteiger partial charge in [-0.2, -0.15) is 0 Å². The van der Waals surface area contributed by atoms with Gasteiger partial charge in [0.25, 0.3) is 0 Å². The lowest BCUT2D eigenvalue weighted by Crippen LogP contribution is -2.53. The second-order valence-electron chi connectivity index (χ2n) is 5.36. The number of carbonyl (C=O) groups excluding carboxylic acids is 1. The summed E-state index contributed by atoms with van der Waals surface area (Å²) in [4.78, 5) is 40.0. The molecule has 0 spiro atoms. The number of carbonyl (C=O) groups is 3. The number of carboxylic acid groups (broad SMARTS) is 2. The first kappa shape index (κ1) is 18.1. The van der Waals surface area contributed by atoms with Crippen molar-refractivity contribution in [2.24, 2.45) is 0 Å². The predicted octanol–water partition coefficient (Wildman–Crippen LogP) is 2.38. The van der Waals surface area contributed by atoms with Crippen LogP contribution in [0.25, 0.3) is 0 Å². The highest BCUT2D eigenvalue weighted by molar-refractivity contribution is 8.01. The number of thioether (sulfide) groups is 2. The molecule has 2 aliphatic heterocycles. The molecule has 0 saturated carbocycles. The van der Waals surface area contributed by atoms with E-state index in [0.29, 0.717) is 38.4 Å². The van der Waals surface area contributed by atoms with Crippen LogP contribution in [0.4, 0.5) is 4.79 Å². The molecule has 8 nitrogen and oxygen atoms in total. The number of aromatic nitrogens is 1. The Labute approximate surface area is 155 Å². The molecule has 1 amide bonds. The van der Waals surface area contributed by atoms with Gasteiger partial charge >= 0.3 is 12.1 Å². The molecule has 0 unspecified atom stereocenters. The van der Waals surface area contributed by atoms with Gasteiger partial charge in [-0.3, -0.25) is 14.5 Å². The van der Waals surface area contributed by atoms with E-state index < -0.39 is 12.1 Å². The van der Waals surface area contributed by atoms with Crippen LogP contribution in [-0.4, -0.2) is 55.0 Å². The maximum Gasteiger partial charge on any atom is 0.512 e. The second-order valence-corrected chi connectivity index (χ2v) is 8.83. The maximum absolute atomic E-state index is 11.8. The normalized spacial score (nSPS) is 19.5. The van der Waals surface area contributed by atoms with E-state index in [-0.39, 0.29) is 23.6 Å². The van der Waals surface area contributed by atoms with Gasteiger partial charge in [-0.15, -0.1) is 23.1 Å². The summed E-state index contributed by atoms with van der Waals surface area (Å²) in [6, 6.07) is 0. The molecule has 0 radical (unpaired) electrons. The maximum atomic E-state index is 11.8. The molecule has 0 aliphatic carbocycles. The zero-order chi connectivity index (χ0) is 18.1. The van der Waals surface area contributed by atoms with Gasteiger partial charge < -0.3 is 14.9 Å². The smallest absolute Gasteiger partial charge is 0.481 e. The fourth-order valence-corrected chi connectivity index (χ4v) is 6.01. The minimum Gasteiger partial charge on any atom is -0.481 e. The molecular weight excluding hydrogens is 388 g/mol. The van der Waals surface area contributed by atoms with Crippen LogP contribution in [0.5, 0.6) is 0 Å². The number of fused-ring (bicyclic) bond motifs is 1. The van der Waals surface area contributed by atoms with E-state index in [4.69, 9.17) is 14.9 Å². The van der Waals surface area contributed by atoms with Gasteiger partial charge in [-0.05, 0) is 6.92 Å². The van der Waals surface area contributed by atoms with Crippen molar-refractivity contribution in [3.63, 3.8) is 0 Å². The van der Waals surface area contributed by atoms with Crippen LogP contribution in [0.1, 0.15) is 17.0 Å². The van der Waals surface area contributed by atoms with E-state index in [2.05, 4.69) is 4.98 Å². The molecule has 3 rings (SSSR count). The Bertz CT molecular complexity index is 775. The van der Waals surface area contributed by atoms with Crippen LogP contribution >= 0.6 is 34.9 Å². The monoisotopic (exact) mass is 402 g/mol. The first-order chi connectivity index (χ1) is 11.8. The number of nitrogens with zero attached hydrogens (tertiary/aromatic N) is 2. The Morgan fingerprint density at radius 3 is 2.84 bits per heavy atom. The van der Waals surface area contributed by atoms with E-state index in [0.717, 1.165) is 0 Å². The summed E-state index contributed by atoms with van der Waals surface area (Å²) < 4.78 is 5.56. The first-order valence-corrected chi connectivity index (χ1v) is 10.1. The van der Waals surface area contributed by atoms with Crippen LogP contribution in [0.2, 0.25) is 0 Å². The Hall–Kier alpha value is -1.72. The van der Waals surface area contributed by atoms with E-state index in [9.17, 15) is 14.4 Å². The Morgan fingerprint density at radius 2 is 2.20 bits per heavy atom. The lowest BCUT2D eigenvalue weighted by molar-refractivity contribution is -0.142. The molecule has 0 bridgehead atoms. The number of amides is 1. The Kier molecular flexibility index (Phi) is 5.25. The van der Waals surface area contributed by atoms with E-state index >= 15 is 0 Å². The van der Waals surface area contributed by atoms with Crippen molar-refractivity contribution in [3.8, 4) is 0 Å². The summed E-state index contributed by atoms with van der Waals surface area (Å²) in [7, 11) is 0. The number of aliphatic carboxylic acids is 1. The molecule has 0 aromatic carbocycles. The van der Waals surface area contributed by atoms with E-state index in [1.54, 1.807) is 18.7 Å². The number of hydrogen-bond acceptors (Lipinski definition) is 8. The third-order valence-corrected chi connectivity index (χ3v) is 7.28.